The number of benzene rings is 1. The Morgan fingerprint density at radius 2 is 1.70 bits per heavy atom. The Morgan fingerprint density at radius 1 is 1.10 bits per heavy atom. The number of ketones is 1. The molecule has 0 aliphatic heterocycles. The molecule has 108 valence electrons. The standard InChI is InChI=1S/C17H22O3/c1-12(16(18)17(19)20-2)13-8-10-15(11-9-13)14-6-4-3-5-7-14/h8-12,14H,3-7H2,1-2H3/t12-/m1/s1. The molecule has 0 spiro atoms. The van der Waals surface area contributed by atoms with E-state index < -0.39 is 17.7 Å². The Labute approximate surface area is 120 Å². The number of esters is 1. The summed E-state index contributed by atoms with van der Waals surface area (Å²) >= 11 is 0. The van der Waals surface area contributed by atoms with Crippen LogP contribution in [-0.2, 0) is 14.3 Å². The number of carbonyl (C=O) groups excluding carboxylic acids is 2. The Hall–Kier alpha value is -1.64. The summed E-state index contributed by atoms with van der Waals surface area (Å²) in [5.74, 6) is -1.04. The van der Waals surface area contributed by atoms with Crippen molar-refractivity contribution in [3.8, 4) is 0 Å². The number of Topliss-reactive ketones (excluding diaryl/α,β-unsaturated/α-hetero) is 1. The van der Waals surface area contributed by atoms with Gasteiger partial charge >= 0.3 is 5.97 Å². The Kier molecular flexibility index (Phi) is 4.94. The molecule has 0 bridgehead atoms. The van der Waals surface area contributed by atoms with Crippen LogP contribution in [0.3, 0.4) is 0 Å². The fourth-order valence-electron chi connectivity index (χ4n) is 2.92. The van der Waals surface area contributed by atoms with Gasteiger partial charge in [-0.2, -0.15) is 0 Å². The van der Waals surface area contributed by atoms with E-state index in [-0.39, 0.29) is 0 Å². The predicted octanol–water partition coefficient (Wildman–Crippen LogP) is 3.58. The minimum absolute atomic E-state index is 0.442. The van der Waals surface area contributed by atoms with E-state index in [1.54, 1.807) is 6.92 Å². The largest absolute Gasteiger partial charge is 0.463 e. The third-order valence-electron chi connectivity index (χ3n) is 4.29. The molecule has 0 aromatic heterocycles. The van der Waals surface area contributed by atoms with Crippen molar-refractivity contribution in [3.63, 3.8) is 0 Å². The average molecular weight is 274 g/mol. The molecule has 2 rings (SSSR count). The topological polar surface area (TPSA) is 43.4 Å². The van der Waals surface area contributed by atoms with Gasteiger partial charge in [0.15, 0.2) is 0 Å². The van der Waals surface area contributed by atoms with Crippen LogP contribution in [0.25, 0.3) is 0 Å². The zero-order chi connectivity index (χ0) is 14.5. The Bertz CT molecular complexity index is 470. The van der Waals surface area contributed by atoms with Crippen LogP contribution in [0.15, 0.2) is 24.3 Å². The molecule has 1 fully saturated rings. The zero-order valence-electron chi connectivity index (χ0n) is 12.2. The molecule has 0 heterocycles. The smallest absolute Gasteiger partial charge is 0.374 e. The third-order valence-corrected chi connectivity index (χ3v) is 4.29. The molecule has 0 N–H and O–H groups in total. The first kappa shape index (κ1) is 14.8. The highest BCUT2D eigenvalue weighted by atomic mass is 16.5. The first-order valence-corrected chi connectivity index (χ1v) is 7.35. The van der Waals surface area contributed by atoms with Gasteiger partial charge in [0.2, 0.25) is 5.78 Å². The van der Waals surface area contributed by atoms with Crippen molar-refractivity contribution < 1.29 is 14.3 Å². The summed E-state index contributed by atoms with van der Waals surface area (Å²) in [7, 11) is 1.24. The minimum atomic E-state index is -0.770. The predicted molar refractivity (Wildman–Crippen MR) is 77.7 cm³/mol. The lowest BCUT2D eigenvalue weighted by Crippen LogP contribution is -2.21. The first-order valence-electron chi connectivity index (χ1n) is 7.35. The normalized spacial score (nSPS) is 17.5. The molecule has 3 nitrogen and oxygen atoms in total. The van der Waals surface area contributed by atoms with Gasteiger partial charge in [-0.25, -0.2) is 4.79 Å². The van der Waals surface area contributed by atoms with Gasteiger partial charge in [-0.05, 0) is 29.9 Å². The number of methoxy groups -OCH3 is 1. The Balaban J connectivity index is 2.07. The molecule has 1 saturated carbocycles. The number of rotatable bonds is 4. The number of hydrogen-bond donors (Lipinski definition) is 0. The maximum absolute atomic E-state index is 11.8. The molecule has 1 aromatic rings. The van der Waals surface area contributed by atoms with Gasteiger partial charge in [-0.3, -0.25) is 4.79 Å². The molecule has 1 atom stereocenters. The lowest BCUT2D eigenvalue weighted by Gasteiger charge is -2.22. The molecule has 0 saturated heterocycles. The van der Waals surface area contributed by atoms with E-state index >= 15 is 0 Å². The van der Waals surface area contributed by atoms with E-state index in [1.165, 1.54) is 44.8 Å². The fourth-order valence-corrected chi connectivity index (χ4v) is 2.92. The van der Waals surface area contributed by atoms with Crippen molar-refractivity contribution in [1.82, 2.24) is 0 Å². The minimum Gasteiger partial charge on any atom is -0.463 e. The maximum atomic E-state index is 11.8. The number of ether oxygens (including phenoxy) is 1. The van der Waals surface area contributed by atoms with Crippen molar-refractivity contribution in [2.24, 2.45) is 0 Å². The monoisotopic (exact) mass is 274 g/mol. The molecule has 0 radical (unpaired) electrons. The molecule has 0 amide bonds. The lowest BCUT2D eigenvalue weighted by atomic mass is 9.83. The third kappa shape index (κ3) is 3.27. The van der Waals surface area contributed by atoms with Gasteiger partial charge in [-0.1, -0.05) is 50.5 Å². The van der Waals surface area contributed by atoms with E-state index in [2.05, 4.69) is 16.9 Å². The van der Waals surface area contributed by atoms with Gasteiger partial charge in [0.1, 0.15) is 0 Å². The molecule has 1 aliphatic carbocycles. The quantitative estimate of drug-likeness (QED) is 0.622. The van der Waals surface area contributed by atoms with Crippen molar-refractivity contribution in [1.29, 1.82) is 0 Å². The second-order valence-corrected chi connectivity index (χ2v) is 5.58. The van der Waals surface area contributed by atoms with Crippen molar-refractivity contribution in [2.45, 2.75) is 50.9 Å². The van der Waals surface area contributed by atoms with E-state index in [0.29, 0.717) is 5.92 Å². The van der Waals surface area contributed by atoms with Crippen LogP contribution in [0.2, 0.25) is 0 Å². The highest BCUT2D eigenvalue weighted by Crippen LogP contribution is 2.33. The fraction of sp³-hybridized carbons (Fsp3) is 0.529. The highest BCUT2D eigenvalue weighted by molar-refractivity contribution is 6.35. The SMILES string of the molecule is COC(=O)C(=O)[C@H](C)c1ccc(C2CCCCC2)cc1. The first-order chi connectivity index (χ1) is 9.63. The van der Waals surface area contributed by atoms with E-state index in [4.69, 9.17) is 0 Å². The van der Waals surface area contributed by atoms with Crippen LogP contribution in [0.5, 0.6) is 0 Å². The van der Waals surface area contributed by atoms with Crippen LogP contribution in [0.1, 0.15) is 62.0 Å². The molecule has 0 unspecified atom stereocenters. The van der Waals surface area contributed by atoms with Crippen LogP contribution in [0.4, 0.5) is 0 Å². The lowest BCUT2D eigenvalue weighted by molar-refractivity contribution is -0.152. The highest BCUT2D eigenvalue weighted by Gasteiger charge is 2.23. The van der Waals surface area contributed by atoms with Gasteiger partial charge in [-0.15, -0.1) is 0 Å². The maximum Gasteiger partial charge on any atom is 0.374 e. The number of carbonyl (C=O) groups is 2. The van der Waals surface area contributed by atoms with E-state index in [0.717, 1.165) is 5.56 Å². The van der Waals surface area contributed by atoms with E-state index in [9.17, 15) is 9.59 Å². The summed E-state index contributed by atoms with van der Waals surface area (Å²) < 4.78 is 4.49. The van der Waals surface area contributed by atoms with Crippen LogP contribution >= 0.6 is 0 Å². The van der Waals surface area contributed by atoms with Gasteiger partial charge < -0.3 is 4.74 Å². The molecule has 1 aliphatic rings. The summed E-state index contributed by atoms with van der Waals surface area (Å²) in [6.07, 6.45) is 6.48. The van der Waals surface area contributed by atoms with Crippen LogP contribution < -0.4 is 0 Å². The van der Waals surface area contributed by atoms with Crippen molar-refractivity contribution >= 4 is 11.8 Å². The van der Waals surface area contributed by atoms with Crippen molar-refractivity contribution in [3.05, 3.63) is 35.4 Å². The van der Waals surface area contributed by atoms with Gasteiger partial charge in [0.05, 0.1) is 13.0 Å². The molecule has 1 aromatic carbocycles. The summed E-state index contributed by atoms with van der Waals surface area (Å²) in [4.78, 5) is 23.1. The number of hydrogen-bond acceptors (Lipinski definition) is 3. The second-order valence-electron chi connectivity index (χ2n) is 5.58. The summed E-state index contributed by atoms with van der Waals surface area (Å²) in [5, 5.41) is 0. The zero-order valence-corrected chi connectivity index (χ0v) is 12.2. The van der Waals surface area contributed by atoms with Gasteiger partial charge in [0.25, 0.3) is 0 Å². The van der Waals surface area contributed by atoms with E-state index in [1.807, 2.05) is 12.1 Å². The van der Waals surface area contributed by atoms with Crippen LogP contribution in [0, 0.1) is 0 Å². The molecular weight excluding hydrogens is 252 g/mol. The van der Waals surface area contributed by atoms with Crippen molar-refractivity contribution in [2.75, 3.05) is 7.11 Å². The molecule has 3 heteroatoms. The second kappa shape index (κ2) is 6.69. The van der Waals surface area contributed by atoms with Crippen LogP contribution in [-0.4, -0.2) is 18.9 Å². The molecule has 20 heavy (non-hydrogen) atoms. The molecular formula is C17H22O3. The summed E-state index contributed by atoms with van der Waals surface area (Å²) in [6, 6.07) is 8.14. The average Bonchev–Trinajstić information content (AvgIpc) is 2.53. The summed E-state index contributed by atoms with van der Waals surface area (Å²) in [5.41, 5.74) is 2.23. The van der Waals surface area contributed by atoms with Gasteiger partial charge in [0, 0.05) is 0 Å². The summed E-state index contributed by atoms with van der Waals surface area (Å²) in [6.45, 7) is 1.74. The Morgan fingerprint density at radius 3 is 2.25 bits per heavy atom.